The van der Waals surface area contributed by atoms with Gasteiger partial charge < -0.3 is 14.6 Å². The van der Waals surface area contributed by atoms with Crippen LogP contribution >= 0.6 is 15.9 Å². The van der Waals surface area contributed by atoms with Gasteiger partial charge in [0.1, 0.15) is 5.82 Å². The zero-order valence-electron chi connectivity index (χ0n) is 11.4. The van der Waals surface area contributed by atoms with E-state index in [9.17, 15) is 4.39 Å². The van der Waals surface area contributed by atoms with Crippen molar-refractivity contribution >= 4 is 15.9 Å². The van der Waals surface area contributed by atoms with Crippen molar-refractivity contribution in [2.24, 2.45) is 0 Å². The van der Waals surface area contributed by atoms with E-state index in [0.29, 0.717) is 11.1 Å². The van der Waals surface area contributed by atoms with Gasteiger partial charge in [-0.25, -0.2) is 4.39 Å². The SMILES string of the molecule is COCCNCc1cccn1Cc1ccc(F)c(Br)c1. The van der Waals surface area contributed by atoms with Crippen LogP contribution in [0.4, 0.5) is 4.39 Å². The molecule has 0 saturated heterocycles. The molecule has 5 heteroatoms. The smallest absolute Gasteiger partial charge is 0.137 e. The molecule has 3 nitrogen and oxygen atoms in total. The molecule has 1 aromatic carbocycles. The molecule has 0 saturated carbocycles. The number of ether oxygens (including phenoxy) is 1. The lowest BCUT2D eigenvalue weighted by Gasteiger charge is -2.11. The lowest BCUT2D eigenvalue weighted by atomic mass is 10.2. The fourth-order valence-electron chi connectivity index (χ4n) is 1.99. The lowest BCUT2D eigenvalue weighted by molar-refractivity contribution is 0.199. The number of nitrogens with one attached hydrogen (secondary N) is 1. The first-order chi connectivity index (χ1) is 9.70. The van der Waals surface area contributed by atoms with Crippen LogP contribution < -0.4 is 5.32 Å². The largest absolute Gasteiger partial charge is 0.383 e. The Kier molecular flexibility index (Phi) is 5.76. The number of rotatable bonds is 7. The third-order valence-electron chi connectivity index (χ3n) is 3.05. The molecule has 0 aliphatic carbocycles. The summed E-state index contributed by atoms with van der Waals surface area (Å²) < 4.78 is 20.9. The van der Waals surface area contributed by atoms with Gasteiger partial charge in [-0.15, -0.1) is 0 Å². The second kappa shape index (κ2) is 7.57. The quantitative estimate of drug-likeness (QED) is 0.783. The number of aromatic nitrogens is 1. The zero-order valence-corrected chi connectivity index (χ0v) is 13.0. The molecule has 0 fully saturated rings. The Morgan fingerprint density at radius 2 is 2.20 bits per heavy atom. The zero-order chi connectivity index (χ0) is 14.4. The molecule has 2 rings (SSSR count). The summed E-state index contributed by atoms with van der Waals surface area (Å²) in [5.41, 5.74) is 2.26. The van der Waals surface area contributed by atoms with E-state index >= 15 is 0 Å². The predicted molar refractivity (Wildman–Crippen MR) is 81.2 cm³/mol. The van der Waals surface area contributed by atoms with Gasteiger partial charge >= 0.3 is 0 Å². The van der Waals surface area contributed by atoms with Crippen molar-refractivity contribution in [1.29, 1.82) is 0 Å². The van der Waals surface area contributed by atoms with Crippen molar-refractivity contribution in [3.8, 4) is 0 Å². The van der Waals surface area contributed by atoms with Crippen LogP contribution in [-0.4, -0.2) is 24.8 Å². The first-order valence-electron chi connectivity index (χ1n) is 6.48. The molecule has 0 atom stereocenters. The fourth-order valence-corrected chi connectivity index (χ4v) is 2.42. The number of hydrogen-bond donors (Lipinski definition) is 1. The molecule has 1 N–H and O–H groups in total. The maximum Gasteiger partial charge on any atom is 0.137 e. The highest BCUT2D eigenvalue weighted by atomic mass is 79.9. The Labute approximate surface area is 126 Å². The minimum atomic E-state index is -0.234. The normalized spacial score (nSPS) is 10.9. The van der Waals surface area contributed by atoms with Crippen LogP contribution in [-0.2, 0) is 17.8 Å². The number of methoxy groups -OCH3 is 1. The molecule has 1 heterocycles. The molecular formula is C15H18BrFN2O. The van der Waals surface area contributed by atoms with E-state index in [4.69, 9.17) is 4.74 Å². The minimum Gasteiger partial charge on any atom is -0.383 e. The van der Waals surface area contributed by atoms with E-state index in [1.165, 1.54) is 11.8 Å². The van der Waals surface area contributed by atoms with Gasteiger partial charge in [0.25, 0.3) is 0 Å². The van der Waals surface area contributed by atoms with Gasteiger partial charge in [-0.3, -0.25) is 0 Å². The van der Waals surface area contributed by atoms with Gasteiger partial charge in [-0.2, -0.15) is 0 Å². The van der Waals surface area contributed by atoms with Crippen molar-refractivity contribution < 1.29 is 9.13 Å². The molecule has 1 aromatic heterocycles. The fraction of sp³-hybridized carbons (Fsp3) is 0.333. The molecule has 0 amide bonds. The Bertz CT molecular complexity index is 557. The van der Waals surface area contributed by atoms with Gasteiger partial charge in [0.15, 0.2) is 0 Å². The third-order valence-corrected chi connectivity index (χ3v) is 3.66. The van der Waals surface area contributed by atoms with E-state index in [2.05, 4.69) is 31.9 Å². The van der Waals surface area contributed by atoms with Crippen LogP contribution in [0.15, 0.2) is 41.0 Å². The predicted octanol–water partition coefficient (Wildman–Crippen LogP) is 3.17. The van der Waals surface area contributed by atoms with Crippen LogP contribution in [0.25, 0.3) is 0 Å². The molecule has 0 radical (unpaired) electrons. The summed E-state index contributed by atoms with van der Waals surface area (Å²) in [6.45, 7) is 3.04. The maximum absolute atomic E-state index is 13.2. The molecule has 108 valence electrons. The van der Waals surface area contributed by atoms with E-state index in [1.54, 1.807) is 7.11 Å². The molecule has 20 heavy (non-hydrogen) atoms. The van der Waals surface area contributed by atoms with Crippen LogP contribution in [0.3, 0.4) is 0 Å². The maximum atomic E-state index is 13.2. The molecule has 2 aromatic rings. The van der Waals surface area contributed by atoms with Crippen molar-refractivity contribution in [3.63, 3.8) is 0 Å². The highest BCUT2D eigenvalue weighted by Crippen LogP contribution is 2.18. The summed E-state index contributed by atoms with van der Waals surface area (Å²) >= 11 is 3.22. The summed E-state index contributed by atoms with van der Waals surface area (Å²) in [6.07, 6.45) is 2.03. The monoisotopic (exact) mass is 340 g/mol. The number of halogens is 2. The molecule has 0 spiro atoms. The average Bonchev–Trinajstić information content (AvgIpc) is 2.86. The van der Waals surface area contributed by atoms with E-state index in [0.717, 1.165) is 25.2 Å². The Hall–Kier alpha value is -1.17. The molecule has 0 aliphatic heterocycles. The van der Waals surface area contributed by atoms with Crippen molar-refractivity contribution in [2.45, 2.75) is 13.1 Å². The first kappa shape index (κ1) is 15.2. The van der Waals surface area contributed by atoms with Gasteiger partial charge in [0.05, 0.1) is 11.1 Å². The van der Waals surface area contributed by atoms with Crippen molar-refractivity contribution in [1.82, 2.24) is 9.88 Å². The summed E-state index contributed by atoms with van der Waals surface area (Å²) in [7, 11) is 1.69. The second-order valence-electron chi connectivity index (χ2n) is 4.55. The number of nitrogens with zero attached hydrogens (tertiary/aromatic N) is 1. The number of hydrogen-bond acceptors (Lipinski definition) is 2. The van der Waals surface area contributed by atoms with Gasteiger partial charge in [-0.05, 0) is 45.8 Å². The highest BCUT2D eigenvalue weighted by molar-refractivity contribution is 9.10. The minimum absolute atomic E-state index is 0.234. The van der Waals surface area contributed by atoms with Crippen molar-refractivity contribution in [3.05, 3.63) is 58.1 Å². The van der Waals surface area contributed by atoms with Crippen LogP contribution in [0.5, 0.6) is 0 Å². The highest BCUT2D eigenvalue weighted by Gasteiger charge is 2.04. The van der Waals surface area contributed by atoms with Gasteiger partial charge in [0.2, 0.25) is 0 Å². The Morgan fingerprint density at radius 3 is 2.95 bits per heavy atom. The lowest BCUT2D eigenvalue weighted by Crippen LogP contribution is -2.20. The molecule has 0 unspecified atom stereocenters. The van der Waals surface area contributed by atoms with Crippen LogP contribution in [0, 0.1) is 5.82 Å². The summed E-state index contributed by atoms with van der Waals surface area (Å²) in [6, 6.07) is 9.21. The van der Waals surface area contributed by atoms with E-state index < -0.39 is 0 Å². The topological polar surface area (TPSA) is 26.2 Å². The third kappa shape index (κ3) is 4.16. The standard InChI is InChI=1S/C15H18BrFN2O/c1-20-8-6-18-10-13-3-2-7-19(13)11-12-4-5-15(17)14(16)9-12/h2-5,7,9,18H,6,8,10-11H2,1H3. The summed E-state index contributed by atoms with van der Waals surface area (Å²) in [5.74, 6) is -0.234. The van der Waals surface area contributed by atoms with Crippen LogP contribution in [0.2, 0.25) is 0 Å². The Balaban J connectivity index is 1.99. The number of benzene rings is 1. The average molecular weight is 341 g/mol. The van der Waals surface area contributed by atoms with Gasteiger partial charge in [0, 0.05) is 38.6 Å². The molecule has 0 aliphatic rings. The summed E-state index contributed by atoms with van der Waals surface area (Å²) in [4.78, 5) is 0. The van der Waals surface area contributed by atoms with E-state index in [-0.39, 0.29) is 5.82 Å². The van der Waals surface area contributed by atoms with E-state index in [1.807, 2.05) is 24.4 Å². The Morgan fingerprint density at radius 1 is 1.35 bits per heavy atom. The van der Waals surface area contributed by atoms with Crippen molar-refractivity contribution in [2.75, 3.05) is 20.3 Å². The molecule has 0 bridgehead atoms. The summed E-state index contributed by atoms with van der Waals surface area (Å²) in [5, 5.41) is 3.32. The van der Waals surface area contributed by atoms with Gasteiger partial charge in [-0.1, -0.05) is 6.07 Å². The first-order valence-corrected chi connectivity index (χ1v) is 7.27. The molecular weight excluding hydrogens is 323 g/mol. The second-order valence-corrected chi connectivity index (χ2v) is 5.40. The van der Waals surface area contributed by atoms with Crippen LogP contribution in [0.1, 0.15) is 11.3 Å².